The quantitative estimate of drug-likeness (QED) is 0.656. The summed E-state index contributed by atoms with van der Waals surface area (Å²) in [5.41, 5.74) is -0.872. The number of pyridine rings is 1. The van der Waals surface area contributed by atoms with Crippen molar-refractivity contribution in [3.63, 3.8) is 0 Å². The molecule has 27 heavy (non-hydrogen) atoms. The lowest BCUT2D eigenvalue weighted by molar-refractivity contribution is -0.148. The van der Waals surface area contributed by atoms with Crippen LogP contribution in [0, 0.1) is 0 Å². The summed E-state index contributed by atoms with van der Waals surface area (Å²) in [5.74, 6) is -1.60. The molecule has 1 aromatic carbocycles. The summed E-state index contributed by atoms with van der Waals surface area (Å²) in [6.45, 7) is 1.76. The molecule has 3 rings (SSSR count). The Kier molecular flexibility index (Phi) is 5.07. The highest BCUT2D eigenvalue weighted by Crippen LogP contribution is 2.25. The van der Waals surface area contributed by atoms with Crippen LogP contribution >= 0.6 is 0 Å². The summed E-state index contributed by atoms with van der Waals surface area (Å²) in [4.78, 5) is 36.7. The first-order valence-corrected chi connectivity index (χ1v) is 8.62. The Balaban J connectivity index is 1.77. The highest BCUT2D eigenvalue weighted by atomic mass is 16.4. The predicted octanol–water partition coefficient (Wildman–Crippen LogP) is 1.39. The maximum atomic E-state index is 12.5. The zero-order valence-electron chi connectivity index (χ0n) is 14.8. The van der Waals surface area contributed by atoms with Crippen molar-refractivity contribution in [2.75, 3.05) is 0 Å². The van der Waals surface area contributed by atoms with E-state index in [0.717, 1.165) is 0 Å². The summed E-state index contributed by atoms with van der Waals surface area (Å²) in [6.07, 6.45) is 1.72. The number of rotatable bonds is 7. The molecule has 2 heterocycles. The second kappa shape index (κ2) is 7.45. The largest absolute Gasteiger partial charge is 0.479 e. The second-order valence-corrected chi connectivity index (χ2v) is 6.16. The zero-order chi connectivity index (χ0) is 19.4. The third kappa shape index (κ3) is 3.46. The molecule has 0 spiro atoms. The van der Waals surface area contributed by atoms with Gasteiger partial charge in [0, 0.05) is 12.6 Å². The Labute approximate surface area is 155 Å². The lowest BCUT2D eigenvalue weighted by Crippen LogP contribution is -2.51. The van der Waals surface area contributed by atoms with Crippen LogP contribution in [-0.4, -0.2) is 31.2 Å². The van der Waals surface area contributed by atoms with E-state index in [1.54, 1.807) is 61.7 Å². The van der Waals surface area contributed by atoms with E-state index in [2.05, 4.69) is 10.4 Å². The monoisotopic (exact) mass is 368 g/mol. The number of nitrogens with one attached hydrogen (secondary N) is 1. The zero-order valence-corrected chi connectivity index (χ0v) is 14.8. The van der Waals surface area contributed by atoms with E-state index in [4.69, 9.17) is 0 Å². The van der Waals surface area contributed by atoms with Gasteiger partial charge < -0.3 is 10.4 Å². The van der Waals surface area contributed by atoms with E-state index >= 15 is 0 Å². The van der Waals surface area contributed by atoms with Gasteiger partial charge in [0.15, 0.2) is 11.2 Å². The van der Waals surface area contributed by atoms with Gasteiger partial charge >= 0.3 is 11.7 Å². The SMILES string of the molecule is CCC(NC(=O)CCn1nc2ccccn2c1=O)(C(=O)O)c1ccccc1. The number of carbonyl (C=O) groups excluding carboxylic acids is 1. The van der Waals surface area contributed by atoms with Gasteiger partial charge in [0.1, 0.15) is 0 Å². The average molecular weight is 368 g/mol. The topological polar surface area (TPSA) is 106 Å². The Morgan fingerprint density at radius 2 is 1.85 bits per heavy atom. The van der Waals surface area contributed by atoms with Crippen LogP contribution in [0.15, 0.2) is 59.5 Å². The molecule has 8 heteroatoms. The molecule has 0 bridgehead atoms. The van der Waals surface area contributed by atoms with Crippen LogP contribution in [0.3, 0.4) is 0 Å². The normalized spacial score (nSPS) is 13.2. The minimum atomic E-state index is -1.51. The molecule has 0 fully saturated rings. The van der Waals surface area contributed by atoms with Gasteiger partial charge in [-0.1, -0.05) is 43.3 Å². The number of carboxylic acids is 1. The van der Waals surface area contributed by atoms with Crippen LogP contribution < -0.4 is 11.0 Å². The van der Waals surface area contributed by atoms with Gasteiger partial charge in [-0.15, -0.1) is 5.10 Å². The minimum Gasteiger partial charge on any atom is -0.479 e. The first-order chi connectivity index (χ1) is 13.0. The fraction of sp³-hybridized carbons (Fsp3) is 0.263. The average Bonchev–Trinajstić information content (AvgIpc) is 3.01. The summed E-state index contributed by atoms with van der Waals surface area (Å²) in [6, 6.07) is 13.8. The van der Waals surface area contributed by atoms with Gasteiger partial charge in [-0.3, -0.25) is 9.20 Å². The minimum absolute atomic E-state index is 0.0561. The van der Waals surface area contributed by atoms with E-state index in [9.17, 15) is 19.5 Å². The Hall–Kier alpha value is -3.42. The van der Waals surface area contributed by atoms with Crippen molar-refractivity contribution in [3.05, 3.63) is 70.8 Å². The number of amides is 1. The molecular weight excluding hydrogens is 348 g/mol. The number of benzene rings is 1. The van der Waals surface area contributed by atoms with E-state index in [1.807, 2.05) is 0 Å². The van der Waals surface area contributed by atoms with Crippen LogP contribution in [0.2, 0.25) is 0 Å². The molecule has 0 saturated heterocycles. The summed E-state index contributed by atoms with van der Waals surface area (Å²) >= 11 is 0. The summed E-state index contributed by atoms with van der Waals surface area (Å²) in [5, 5.41) is 16.6. The van der Waals surface area contributed by atoms with Crippen LogP contribution in [0.4, 0.5) is 0 Å². The van der Waals surface area contributed by atoms with E-state index < -0.39 is 17.4 Å². The van der Waals surface area contributed by atoms with Crippen molar-refractivity contribution < 1.29 is 14.7 Å². The lowest BCUT2D eigenvalue weighted by Gasteiger charge is -2.30. The standard InChI is InChI=1S/C19H20N4O4/c1-2-19(17(25)26,14-8-4-3-5-9-14)20-16(24)11-13-23-18(27)22-12-7-6-10-15(22)21-23/h3-10,12H,2,11,13H2,1H3,(H,20,24)(H,25,26). The Morgan fingerprint density at radius 3 is 2.48 bits per heavy atom. The van der Waals surface area contributed by atoms with E-state index in [0.29, 0.717) is 11.2 Å². The van der Waals surface area contributed by atoms with Crippen LogP contribution in [-0.2, 0) is 21.7 Å². The highest BCUT2D eigenvalue weighted by molar-refractivity contribution is 5.88. The first kappa shape index (κ1) is 18.4. The van der Waals surface area contributed by atoms with Crippen LogP contribution in [0.25, 0.3) is 5.65 Å². The molecule has 0 aliphatic carbocycles. The number of carboxylic acid groups (broad SMARTS) is 1. The number of carbonyl (C=O) groups is 2. The molecule has 3 aromatic rings. The number of aliphatic carboxylic acids is 1. The number of aryl methyl sites for hydroxylation is 1. The molecule has 2 N–H and O–H groups in total. The molecule has 2 aromatic heterocycles. The van der Waals surface area contributed by atoms with E-state index in [1.165, 1.54) is 9.08 Å². The lowest BCUT2D eigenvalue weighted by atomic mass is 9.87. The number of nitrogens with zero attached hydrogens (tertiary/aromatic N) is 3. The van der Waals surface area contributed by atoms with Crippen molar-refractivity contribution >= 4 is 17.5 Å². The maximum Gasteiger partial charge on any atom is 0.350 e. The van der Waals surface area contributed by atoms with Gasteiger partial charge in [-0.2, -0.15) is 0 Å². The molecule has 0 aliphatic heterocycles. The third-order valence-electron chi connectivity index (χ3n) is 4.55. The van der Waals surface area contributed by atoms with Crippen molar-refractivity contribution in [3.8, 4) is 0 Å². The Morgan fingerprint density at radius 1 is 1.15 bits per heavy atom. The first-order valence-electron chi connectivity index (χ1n) is 8.62. The van der Waals surface area contributed by atoms with Crippen molar-refractivity contribution in [1.29, 1.82) is 0 Å². The summed E-state index contributed by atoms with van der Waals surface area (Å²) < 4.78 is 2.58. The number of aromatic nitrogens is 3. The molecular formula is C19H20N4O4. The molecule has 0 radical (unpaired) electrons. The number of hydrogen-bond donors (Lipinski definition) is 2. The fourth-order valence-corrected chi connectivity index (χ4v) is 3.04. The van der Waals surface area contributed by atoms with E-state index in [-0.39, 0.29) is 25.1 Å². The molecule has 1 amide bonds. The van der Waals surface area contributed by atoms with Gasteiger partial charge in [0.25, 0.3) is 0 Å². The predicted molar refractivity (Wildman–Crippen MR) is 98.3 cm³/mol. The van der Waals surface area contributed by atoms with Crippen LogP contribution in [0.1, 0.15) is 25.3 Å². The fourth-order valence-electron chi connectivity index (χ4n) is 3.04. The van der Waals surface area contributed by atoms with Gasteiger partial charge in [0.2, 0.25) is 5.91 Å². The number of hydrogen-bond acceptors (Lipinski definition) is 4. The molecule has 1 unspecified atom stereocenters. The third-order valence-corrected chi connectivity index (χ3v) is 4.55. The van der Waals surface area contributed by atoms with Gasteiger partial charge in [-0.05, 0) is 24.1 Å². The van der Waals surface area contributed by atoms with Crippen LogP contribution in [0.5, 0.6) is 0 Å². The molecule has 0 aliphatic rings. The number of fused-ring (bicyclic) bond motifs is 1. The molecule has 8 nitrogen and oxygen atoms in total. The smallest absolute Gasteiger partial charge is 0.350 e. The maximum absolute atomic E-state index is 12.5. The second-order valence-electron chi connectivity index (χ2n) is 6.16. The highest BCUT2D eigenvalue weighted by Gasteiger charge is 2.40. The molecule has 0 saturated carbocycles. The Bertz CT molecular complexity index is 1020. The molecule has 140 valence electrons. The molecule has 1 atom stereocenters. The van der Waals surface area contributed by atoms with Gasteiger partial charge in [-0.25, -0.2) is 14.3 Å². The van der Waals surface area contributed by atoms with Crippen molar-refractivity contribution in [2.24, 2.45) is 0 Å². The summed E-state index contributed by atoms with van der Waals surface area (Å²) in [7, 11) is 0. The van der Waals surface area contributed by atoms with Gasteiger partial charge in [0.05, 0.1) is 6.54 Å². The van der Waals surface area contributed by atoms with Crippen molar-refractivity contribution in [2.45, 2.75) is 31.8 Å². The van der Waals surface area contributed by atoms with Crippen molar-refractivity contribution in [1.82, 2.24) is 19.5 Å².